The predicted molar refractivity (Wildman–Crippen MR) is 93.9 cm³/mol. The molecule has 2 rings (SSSR count). The molecule has 2 aliphatic rings. The molecule has 0 radical (unpaired) electrons. The molecule has 2 heterocycles. The first-order valence-electron chi connectivity index (χ1n) is 7.95. The molecule has 0 bridgehead atoms. The third-order valence-corrected chi connectivity index (χ3v) is 4.32. The number of nitrogens with two attached hydrogens (primary N) is 1. The molecule has 0 aromatic heterocycles. The minimum Gasteiger partial charge on any atom is -0.329 e. The van der Waals surface area contributed by atoms with Crippen LogP contribution in [0.2, 0.25) is 0 Å². The van der Waals surface area contributed by atoms with E-state index in [2.05, 4.69) is 54.7 Å². The third kappa shape index (κ3) is 7.06. The smallest absolute Gasteiger partial charge is 0.0344 e. The molecule has 2 fully saturated rings. The Bertz CT molecular complexity index is 219. The van der Waals surface area contributed by atoms with E-state index in [4.69, 9.17) is 5.73 Å². The van der Waals surface area contributed by atoms with Crippen molar-refractivity contribution in [1.29, 1.82) is 0 Å². The fourth-order valence-electron chi connectivity index (χ4n) is 2.60. The van der Waals surface area contributed by atoms with E-state index in [1.165, 1.54) is 39.1 Å². The Morgan fingerprint density at radius 2 is 1.24 bits per heavy atom. The summed E-state index contributed by atoms with van der Waals surface area (Å²) in [4.78, 5) is 9.47. The first-order valence-corrected chi connectivity index (χ1v) is 7.95. The van der Waals surface area contributed by atoms with Gasteiger partial charge < -0.3 is 20.4 Å². The van der Waals surface area contributed by atoms with Crippen LogP contribution >= 0.6 is 0 Å². The van der Waals surface area contributed by atoms with Crippen LogP contribution in [-0.4, -0.2) is 106 Å². The Hall–Kier alpha value is -0.200. The van der Waals surface area contributed by atoms with Crippen LogP contribution in [0.1, 0.15) is 20.8 Å². The van der Waals surface area contributed by atoms with Gasteiger partial charge in [-0.25, -0.2) is 0 Å². The Balaban J connectivity index is 0.000000364. The molecular weight excluding hydrogens is 262 g/mol. The van der Waals surface area contributed by atoms with Gasteiger partial charge in [0.15, 0.2) is 0 Å². The Morgan fingerprint density at radius 3 is 1.52 bits per heavy atom. The van der Waals surface area contributed by atoms with Crippen LogP contribution in [0, 0.1) is 0 Å². The summed E-state index contributed by atoms with van der Waals surface area (Å²) < 4.78 is 0. The Morgan fingerprint density at radius 1 is 0.857 bits per heavy atom. The van der Waals surface area contributed by atoms with Crippen molar-refractivity contribution in [2.24, 2.45) is 5.73 Å². The molecule has 0 spiro atoms. The van der Waals surface area contributed by atoms with Gasteiger partial charge in [0.2, 0.25) is 0 Å². The number of hydrogen-bond donors (Lipinski definition) is 1. The number of nitrogens with zero attached hydrogens (tertiary/aromatic N) is 4. The maximum absolute atomic E-state index is 5.41. The summed E-state index contributed by atoms with van der Waals surface area (Å²) in [5.74, 6) is 0. The van der Waals surface area contributed by atoms with Crippen LogP contribution in [0.4, 0.5) is 0 Å². The van der Waals surface area contributed by atoms with Gasteiger partial charge in [-0.3, -0.25) is 4.90 Å². The summed E-state index contributed by atoms with van der Waals surface area (Å²) in [5, 5.41) is 0. The van der Waals surface area contributed by atoms with Crippen LogP contribution in [0.15, 0.2) is 0 Å². The number of hydrogen-bond acceptors (Lipinski definition) is 5. The molecule has 2 aliphatic heterocycles. The lowest BCUT2D eigenvalue weighted by atomic mass is 10.1. The standard InChI is InChI=1S/C8H18N2.C7H17N3.CH4/c1-4-5-10-6-8(7-10)9(2)3;1-9(2)7-5-10(6-7)4-3-8;/h8H,4-7H2,1-3H3;7H,3-6,8H2,1-2H3;1H4. The largest absolute Gasteiger partial charge is 0.329 e. The molecule has 5 nitrogen and oxygen atoms in total. The molecule has 2 N–H and O–H groups in total. The second kappa shape index (κ2) is 10.5. The molecule has 0 unspecified atom stereocenters. The lowest BCUT2D eigenvalue weighted by molar-refractivity contribution is 0.0640. The van der Waals surface area contributed by atoms with Crippen molar-refractivity contribution in [2.45, 2.75) is 32.9 Å². The van der Waals surface area contributed by atoms with Gasteiger partial charge in [0.25, 0.3) is 0 Å². The molecule has 2 saturated heterocycles. The van der Waals surface area contributed by atoms with Gasteiger partial charge in [0.05, 0.1) is 0 Å². The maximum atomic E-state index is 5.41. The predicted octanol–water partition coefficient (Wildman–Crippen LogP) is 0.469. The van der Waals surface area contributed by atoms with Crippen molar-refractivity contribution in [2.75, 3.05) is 74.0 Å². The van der Waals surface area contributed by atoms with E-state index in [0.717, 1.165) is 25.2 Å². The summed E-state index contributed by atoms with van der Waals surface area (Å²) in [6, 6.07) is 1.60. The van der Waals surface area contributed by atoms with Crippen LogP contribution in [0.3, 0.4) is 0 Å². The zero-order valence-electron chi connectivity index (χ0n) is 14.2. The van der Waals surface area contributed by atoms with E-state index in [-0.39, 0.29) is 7.43 Å². The van der Waals surface area contributed by atoms with Crippen molar-refractivity contribution in [3.63, 3.8) is 0 Å². The molecule has 5 heteroatoms. The summed E-state index contributed by atoms with van der Waals surface area (Å²) in [7, 11) is 8.58. The van der Waals surface area contributed by atoms with Crippen LogP contribution in [0.25, 0.3) is 0 Å². The van der Waals surface area contributed by atoms with Gasteiger partial charge in [-0.2, -0.15) is 0 Å². The topological polar surface area (TPSA) is 39.0 Å². The molecule has 0 amide bonds. The summed E-state index contributed by atoms with van der Waals surface area (Å²) in [5.41, 5.74) is 5.41. The normalized spacial score (nSPS) is 20.6. The van der Waals surface area contributed by atoms with E-state index < -0.39 is 0 Å². The quantitative estimate of drug-likeness (QED) is 0.772. The first kappa shape index (κ1) is 20.8. The zero-order valence-corrected chi connectivity index (χ0v) is 14.2. The van der Waals surface area contributed by atoms with Gasteiger partial charge in [-0.1, -0.05) is 14.4 Å². The highest BCUT2D eigenvalue weighted by Crippen LogP contribution is 2.11. The molecule has 128 valence electrons. The highest BCUT2D eigenvalue weighted by molar-refractivity contribution is 4.85. The van der Waals surface area contributed by atoms with Crippen molar-refractivity contribution >= 4 is 0 Å². The van der Waals surface area contributed by atoms with Crippen molar-refractivity contribution < 1.29 is 0 Å². The molecule has 21 heavy (non-hydrogen) atoms. The third-order valence-electron chi connectivity index (χ3n) is 4.32. The lowest BCUT2D eigenvalue weighted by Gasteiger charge is -2.42. The van der Waals surface area contributed by atoms with Crippen LogP contribution in [-0.2, 0) is 0 Å². The highest BCUT2D eigenvalue weighted by Gasteiger charge is 2.27. The minimum absolute atomic E-state index is 0. The number of rotatable bonds is 6. The first-order chi connectivity index (χ1) is 9.47. The fraction of sp³-hybridized carbons (Fsp3) is 1.00. The van der Waals surface area contributed by atoms with Gasteiger partial charge in [-0.15, -0.1) is 0 Å². The summed E-state index contributed by atoms with van der Waals surface area (Å²) in [6.45, 7) is 10.3. The molecule has 0 aliphatic carbocycles. The van der Waals surface area contributed by atoms with Crippen molar-refractivity contribution in [1.82, 2.24) is 19.6 Å². The zero-order chi connectivity index (χ0) is 15.1. The average Bonchev–Trinajstić information content (AvgIpc) is 2.27. The van der Waals surface area contributed by atoms with E-state index in [9.17, 15) is 0 Å². The Labute approximate surface area is 133 Å². The van der Waals surface area contributed by atoms with Gasteiger partial charge in [0, 0.05) is 51.4 Å². The molecule has 0 saturated carbocycles. The van der Waals surface area contributed by atoms with E-state index in [1.807, 2.05) is 0 Å². The van der Waals surface area contributed by atoms with Crippen LogP contribution in [0.5, 0.6) is 0 Å². The second-order valence-corrected chi connectivity index (χ2v) is 6.54. The molecule has 0 aromatic carbocycles. The van der Waals surface area contributed by atoms with E-state index in [0.29, 0.717) is 0 Å². The lowest BCUT2D eigenvalue weighted by Crippen LogP contribution is -2.58. The van der Waals surface area contributed by atoms with Gasteiger partial charge in [-0.05, 0) is 41.2 Å². The number of likely N-dealkylation sites (N-methyl/N-ethyl adjacent to an activating group) is 2. The SMILES string of the molecule is C.CCCN1CC(N(C)C)C1.CN(C)C1CN(CCN)C1. The molecule has 0 atom stereocenters. The highest BCUT2D eigenvalue weighted by atomic mass is 15.3. The van der Waals surface area contributed by atoms with Crippen LogP contribution < -0.4 is 5.73 Å². The maximum Gasteiger partial charge on any atom is 0.0344 e. The van der Waals surface area contributed by atoms with Crippen molar-refractivity contribution in [3.8, 4) is 0 Å². The monoisotopic (exact) mass is 301 g/mol. The van der Waals surface area contributed by atoms with Gasteiger partial charge >= 0.3 is 0 Å². The summed E-state index contributed by atoms with van der Waals surface area (Å²) >= 11 is 0. The fourth-order valence-corrected chi connectivity index (χ4v) is 2.60. The van der Waals surface area contributed by atoms with E-state index in [1.54, 1.807) is 0 Å². The van der Waals surface area contributed by atoms with Gasteiger partial charge in [0.1, 0.15) is 0 Å². The van der Waals surface area contributed by atoms with Crippen molar-refractivity contribution in [3.05, 3.63) is 0 Å². The van der Waals surface area contributed by atoms with E-state index >= 15 is 0 Å². The molecule has 0 aromatic rings. The minimum atomic E-state index is 0. The summed E-state index contributed by atoms with van der Waals surface area (Å²) in [6.07, 6.45) is 1.29. The number of likely N-dealkylation sites (tertiary alicyclic amines) is 2. The average molecular weight is 302 g/mol. The second-order valence-electron chi connectivity index (χ2n) is 6.54. The Kier molecular flexibility index (Phi) is 10.4. The molecular formula is C16H39N5.